The molecule has 30 heavy (non-hydrogen) atoms. The van der Waals surface area contributed by atoms with E-state index in [9.17, 15) is 4.39 Å². The minimum atomic E-state index is -0.304. The van der Waals surface area contributed by atoms with Crippen molar-refractivity contribution in [2.45, 2.75) is 20.0 Å². The van der Waals surface area contributed by atoms with Gasteiger partial charge >= 0.3 is 0 Å². The summed E-state index contributed by atoms with van der Waals surface area (Å²) in [5.74, 6) is 2.49. The molecular formula is C22H26FN5O2. The Balaban J connectivity index is 1.61. The second-order valence-corrected chi connectivity index (χ2v) is 6.59. The Morgan fingerprint density at radius 2 is 1.90 bits per heavy atom. The molecule has 8 heteroatoms. The Kier molecular flexibility index (Phi) is 6.90. The molecule has 0 saturated heterocycles. The quantitative estimate of drug-likeness (QED) is 0.461. The zero-order valence-corrected chi connectivity index (χ0v) is 17.6. The van der Waals surface area contributed by atoms with E-state index < -0.39 is 0 Å². The van der Waals surface area contributed by atoms with Crippen LogP contribution in [-0.4, -0.2) is 36.8 Å². The van der Waals surface area contributed by atoms with Crippen LogP contribution in [0.2, 0.25) is 0 Å². The number of nitrogens with one attached hydrogen (secondary N) is 2. The van der Waals surface area contributed by atoms with Crippen LogP contribution in [0.3, 0.4) is 0 Å². The van der Waals surface area contributed by atoms with Crippen LogP contribution in [0.1, 0.15) is 17.0 Å². The molecule has 0 atom stereocenters. The Bertz CT molecular complexity index is 1030. The van der Waals surface area contributed by atoms with Gasteiger partial charge in [-0.15, -0.1) is 0 Å². The molecule has 2 N–H and O–H groups in total. The van der Waals surface area contributed by atoms with Crippen molar-refractivity contribution in [1.29, 1.82) is 0 Å². The summed E-state index contributed by atoms with van der Waals surface area (Å²) in [6.45, 7) is 2.78. The van der Waals surface area contributed by atoms with Crippen LogP contribution in [0.4, 0.5) is 4.39 Å². The Labute approximate surface area is 175 Å². The lowest BCUT2D eigenvalue weighted by Gasteiger charge is -2.15. The molecule has 1 heterocycles. The minimum absolute atomic E-state index is 0.304. The molecular weight excluding hydrogens is 385 g/mol. The van der Waals surface area contributed by atoms with Crippen molar-refractivity contribution in [1.82, 2.24) is 20.2 Å². The van der Waals surface area contributed by atoms with Crippen molar-refractivity contribution in [3.63, 3.8) is 0 Å². The Morgan fingerprint density at radius 1 is 1.10 bits per heavy atom. The fraction of sp³-hybridized carbons (Fsp3) is 0.273. The highest BCUT2D eigenvalue weighted by molar-refractivity contribution is 5.79. The first kappa shape index (κ1) is 21.2. The average Bonchev–Trinajstić information content (AvgIpc) is 3.19. The van der Waals surface area contributed by atoms with E-state index in [1.54, 1.807) is 44.3 Å². The van der Waals surface area contributed by atoms with Crippen LogP contribution in [0.5, 0.6) is 11.5 Å². The van der Waals surface area contributed by atoms with Gasteiger partial charge in [0.25, 0.3) is 0 Å². The lowest BCUT2D eigenvalue weighted by atomic mass is 10.2. The number of aliphatic imine (C=N–C) groups is 1. The highest BCUT2D eigenvalue weighted by Gasteiger charge is 2.09. The van der Waals surface area contributed by atoms with Crippen molar-refractivity contribution in [3.8, 4) is 17.2 Å². The summed E-state index contributed by atoms with van der Waals surface area (Å²) in [7, 11) is 4.92. The first-order valence-electron chi connectivity index (χ1n) is 9.50. The van der Waals surface area contributed by atoms with Crippen molar-refractivity contribution >= 4 is 5.96 Å². The van der Waals surface area contributed by atoms with Gasteiger partial charge in [-0.25, -0.2) is 9.37 Å². The van der Waals surface area contributed by atoms with E-state index in [1.807, 2.05) is 31.2 Å². The molecule has 0 amide bonds. The third-order valence-electron chi connectivity index (χ3n) is 4.72. The minimum Gasteiger partial charge on any atom is -0.497 e. The highest BCUT2D eigenvalue weighted by Crippen LogP contribution is 2.24. The molecule has 158 valence electrons. The van der Waals surface area contributed by atoms with Gasteiger partial charge in [0.05, 0.1) is 19.9 Å². The third-order valence-corrected chi connectivity index (χ3v) is 4.72. The van der Waals surface area contributed by atoms with E-state index in [1.165, 1.54) is 6.07 Å². The Morgan fingerprint density at radius 3 is 2.53 bits per heavy atom. The summed E-state index contributed by atoms with van der Waals surface area (Å²) in [6, 6.07) is 10.8. The first-order chi connectivity index (χ1) is 14.5. The number of ether oxygens (including phenoxy) is 2. The number of hydrogen-bond donors (Lipinski definition) is 2. The van der Waals surface area contributed by atoms with Crippen molar-refractivity contribution in [2.24, 2.45) is 4.99 Å². The molecule has 3 aromatic rings. The second kappa shape index (κ2) is 9.78. The van der Waals surface area contributed by atoms with Crippen molar-refractivity contribution in [3.05, 3.63) is 71.6 Å². The van der Waals surface area contributed by atoms with Crippen LogP contribution in [0, 0.1) is 12.7 Å². The molecule has 0 aliphatic heterocycles. The van der Waals surface area contributed by atoms with E-state index in [0.29, 0.717) is 24.7 Å². The van der Waals surface area contributed by atoms with E-state index in [2.05, 4.69) is 20.6 Å². The number of aromatic nitrogens is 2. The first-order valence-corrected chi connectivity index (χ1v) is 9.50. The number of halogens is 1. The van der Waals surface area contributed by atoms with Crippen LogP contribution in [-0.2, 0) is 13.1 Å². The smallest absolute Gasteiger partial charge is 0.191 e. The summed E-state index contributed by atoms with van der Waals surface area (Å²) < 4.78 is 26.9. The molecule has 0 saturated carbocycles. The van der Waals surface area contributed by atoms with Crippen molar-refractivity contribution in [2.75, 3.05) is 21.3 Å². The lowest BCUT2D eigenvalue weighted by Crippen LogP contribution is -2.36. The third kappa shape index (κ3) is 4.89. The molecule has 0 aliphatic rings. The number of rotatable bonds is 7. The number of methoxy groups -OCH3 is 2. The predicted octanol–water partition coefficient (Wildman–Crippen LogP) is 3.20. The van der Waals surface area contributed by atoms with Gasteiger partial charge in [-0.3, -0.25) is 4.99 Å². The summed E-state index contributed by atoms with van der Waals surface area (Å²) >= 11 is 0. The van der Waals surface area contributed by atoms with E-state index in [4.69, 9.17) is 9.47 Å². The van der Waals surface area contributed by atoms with Gasteiger partial charge in [-0.05, 0) is 36.8 Å². The lowest BCUT2D eigenvalue weighted by molar-refractivity contribution is 0.390. The van der Waals surface area contributed by atoms with Crippen LogP contribution >= 0.6 is 0 Å². The molecule has 1 aromatic heterocycles. The van der Waals surface area contributed by atoms with Crippen LogP contribution in [0.25, 0.3) is 5.69 Å². The maximum absolute atomic E-state index is 14.6. The molecule has 0 radical (unpaired) electrons. The molecule has 2 aromatic carbocycles. The summed E-state index contributed by atoms with van der Waals surface area (Å²) in [5.41, 5.74) is 2.24. The van der Waals surface area contributed by atoms with E-state index in [0.717, 1.165) is 28.5 Å². The molecule has 3 rings (SSSR count). The molecule has 0 bridgehead atoms. The van der Waals surface area contributed by atoms with Gasteiger partial charge in [0, 0.05) is 44.2 Å². The Hall–Kier alpha value is -3.55. The number of benzene rings is 2. The normalized spacial score (nSPS) is 11.3. The van der Waals surface area contributed by atoms with Gasteiger partial charge in [0.15, 0.2) is 5.96 Å². The topological polar surface area (TPSA) is 72.7 Å². The van der Waals surface area contributed by atoms with Gasteiger partial charge in [-0.2, -0.15) is 0 Å². The molecule has 0 fully saturated rings. The summed E-state index contributed by atoms with van der Waals surface area (Å²) in [6.07, 6.45) is 3.39. The zero-order valence-electron chi connectivity index (χ0n) is 17.6. The predicted molar refractivity (Wildman–Crippen MR) is 115 cm³/mol. The number of imidazole rings is 1. The largest absolute Gasteiger partial charge is 0.497 e. The average molecular weight is 411 g/mol. The second-order valence-electron chi connectivity index (χ2n) is 6.59. The number of hydrogen-bond acceptors (Lipinski definition) is 4. The molecule has 0 aliphatic carbocycles. The number of aryl methyl sites for hydroxylation is 1. The fourth-order valence-corrected chi connectivity index (χ4v) is 3.07. The van der Waals surface area contributed by atoms with Gasteiger partial charge in [0.2, 0.25) is 0 Å². The number of guanidine groups is 1. The maximum Gasteiger partial charge on any atom is 0.191 e. The van der Waals surface area contributed by atoms with Gasteiger partial charge in [0.1, 0.15) is 23.1 Å². The van der Waals surface area contributed by atoms with Crippen molar-refractivity contribution < 1.29 is 13.9 Å². The SMILES string of the molecule is CN=C(NCc1ccc(-n2ccnc2C)c(F)c1)NCc1ccc(OC)cc1OC. The molecule has 0 unspecified atom stereocenters. The fourth-order valence-electron chi connectivity index (χ4n) is 3.07. The van der Waals surface area contributed by atoms with E-state index in [-0.39, 0.29) is 5.82 Å². The summed E-state index contributed by atoms with van der Waals surface area (Å²) in [4.78, 5) is 8.36. The van der Waals surface area contributed by atoms with Gasteiger partial charge in [-0.1, -0.05) is 6.07 Å². The monoisotopic (exact) mass is 411 g/mol. The molecule has 0 spiro atoms. The van der Waals surface area contributed by atoms with Crippen LogP contribution < -0.4 is 20.1 Å². The zero-order chi connectivity index (χ0) is 21.5. The standard InChI is InChI=1S/C22H26FN5O2/c1-15-25-9-10-28(15)20-8-5-16(11-19(20)23)13-26-22(24-2)27-14-17-6-7-18(29-3)12-21(17)30-4/h5-12H,13-14H2,1-4H3,(H2,24,26,27). The maximum atomic E-state index is 14.6. The molecule has 7 nitrogen and oxygen atoms in total. The van der Waals surface area contributed by atoms with Gasteiger partial charge < -0.3 is 24.7 Å². The highest BCUT2D eigenvalue weighted by atomic mass is 19.1. The van der Waals surface area contributed by atoms with Crippen LogP contribution in [0.15, 0.2) is 53.8 Å². The van der Waals surface area contributed by atoms with E-state index >= 15 is 0 Å². The number of nitrogens with zero attached hydrogens (tertiary/aromatic N) is 3. The summed E-state index contributed by atoms with van der Waals surface area (Å²) in [5, 5.41) is 6.43.